The number of benzene rings is 1. The van der Waals surface area contributed by atoms with Gasteiger partial charge >= 0.3 is 12.0 Å². The summed E-state index contributed by atoms with van der Waals surface area (Å²) >= 11 is 0. The van der Waals surface area contributed by atoms with Crippen molar-refractivity contribution >= 4 is 23.7 Å². The van der Waals surface area contributed by atoms with Crippen molar-refractivity contribution < 1.29 is 23.6 Å². The van der Waals surface area contributed by atoms with E-state index in [0.29, 0.717) is 35.7 Å². The molecule has 1 fully saturated rings. The van der Waals surface area contributed by atoms with Gasteiger partial charge in [0.25, 0.3) is 5.91 Å². The number of rotatable bonds is 6. The summed E-state index contributed by atoms with van der Waals surface area (Å²) in [6.07, 6.45) is 0.754. The van der Waals surface area contributed by atoms with Crippen molar-refractivity contribution in [3.05, 3.63) is 29.6 Å². The normalized spacial score (nSPS) is 17.6. The first kappa shape index (κ1) is 21.9. The van der Waals surface area contributed by atoms with E-state index < -0.39 is 6.04 Å². The van der Waals surface area contributed by atoms with Gasteiger partial charge in [-0.2, -0.15) is 4.57 Å². The molecule has 3 amide bonds. The van der Waals surface area contributed by atoms with Crippen molar-refractivity contribution in [1.82, 2.24) is 14.4 Å². The molecule has 9 heteroatoms. The molecule has 1 unspecified atom stereocenters. The van der Waals surface area contributed by atoms with Crippen LogP contribution in [-0.4, -0.2) is 60.0 Å². The van der Waals surface area contributed by atoms with Crippen molar-refractivity contribution in [3.63, 3.8) is 0 Å². The standard InChI is InChI=1S/C23H30N5O4/c1-13(2)10-11-26-21(29)19-20(25(5)23(26)30)24-22-27(14(3)15(4)28(19)22)17-9-8-16(31-6)12-18(17)32-7/h8-9,12-13,19H,10-11H2,1-7H3/q+1. The summed E-state index contributed by atoms with van der Waals surface area (Å²) in [5, 5.41) is 0. The smallest absolute Gasteiger partial charge is 0.407 e. The average Bonchev–Trinajstić information content (AvgIpc) is 3.27. The van der Waals surface area contributed by atoms with Crippen LogP contribution in [0.5, 0.6) is 11.5 Å². The Hall–Kier alpha value is -3.36. The van der Waals surface area contributed by atoms with Gasteiger partial charge in [0.1, 0.15) is 22.8 Å². The molecule has 1 aromatic heterocycles. The second kappa shape index (κ2) is 7.96. The zero-order chi connectivity index (χ0) is 23.3. The second-order valence-corrected chi connectivity index (χ2v) is 8.60. The van der Waals surface area contributed by atoms with Crippen LogP contribution in [0.15, 0.2) is 23.2 Å². The fourth-order valence-corrected chi connectivity index (χ4v) is 4.29. The fraction of sp³-hybridized carbons (Fsp3) is 0.478. The van der Waals surface area contributed by atoms with Crippen LogP contribution in [0, 0.1) is 19.8 Å². The third-order valence-corrected chi connectivity index (χ3v) is 6.27. The molecule has 0 bridgehead atoms. The lowest BCUT2D eigenvalue weighted by Crippen LogP contribution is -2.63. The van der Waals surface area contributed by atoms with Gasteiger partial charge in [-0.15, -0.1) is 0 Å². The van der Waals surface area contributed by atoms with E-state index in [-0.39, 0.29) is 11.9 Å². The molecule has 2 aliphatic rings. The number of hydrogen-bond donors (Lipinski definition) is 0. The van der Waals surface area contributed by atoms with E-state index in [4.69, 9.17) is 14.5 Å². The number of aliphatic imine (C=N–C) groups is 1. The number of ether oxygens (including phenoxy) is 2. The Bertz CT molecular complexity index is 1130. The number of imidazole rings is 1. The van der Waals surface area contributed by atoms with Gasteiger partial charge in [-0.1, -0.05) is 18.8 Å². The van der Waals surface area contributed by atoms with Gasteiger partial charge in [0.2, 0.25) is 11.9 Å². The molecule has 1 atom stereocenters. The number of fused-ring (bicyclic) bond motifs is 3. The molecule has 1 aromatic carbocycles. The van der Waals surface area contributed by atoms with Gasteiger partial charge in [-0.25, -0.2) is 9.36 Å². The molecule has 1 saturated heterocycles. The van der Waals surface area contributed by atoms with Crippen LogP contribution in [0.2, 0.25) is 0 Å². The van der Waals surface area contributed by atoms with Crippen LogP contribution in [0.4, 0.5) is 10.7 Å². The summed E-state index contributed by atoms with van der Waals surface area (Å²) in [6.45, 7) is 8.50. The Morgan fingerprint density at radius 3 is 2.50 bits per heavy atom. The highest BCUT2D eigenvalue weighted by Crippen LogP contribution is 2.37. The highest BCUT2D eigenvalue weighted by molar-refractivity contribution is 6.19. The maximum Gasteiger partial charge on any atom is 0.407 e. The van der Waals surface area contributed by atoms with Crippen LogP contribution in [-0.2, 0) is 4.79 Å². The number of imide groups is 1. The maximum atomic E-state index is 13.5. The summed E-state index contributed by atoms with van der Waals surface area (Å²) in [6, 6.07) is 4.57. The summed E-state index contributed by atoms with van der Waals surface area (Å²) < 4.78 is 14.8. The first-order valence-electron chi connectivity index (χ1n) is 10.7. The molecule has 4 rings (SSSR count). The fourth-order valence-electron chi connectivity index (χ4n) is 4.29. The molecule has 0 saturated carbocycles. The number of hydrogen-bond acceptors (Lipinski definition) is 5. The van der Waals surface area contributed by atoms with Crippen molar-refractivity contribution in [2.24, 2.45) is 10.9 Å². The minimum atomic E-state index is -0.663. The Labute approximate surface area is 187 Å². The van der Waals surface area contributed by atoms with Crippen LogP contribution < -0.4 is 14.0 Å². The molecule has 2 aromatic rings. The molecule has 0 radical (unpaired) electrons. The molecule has 0 spiro atoms. The van der Waals surface area contributed by atoms with Gasteiger partial charge in [-0.05, 0) is 38.3 Å². The monoisotopic (exact) mass is 440 g/mol. The molecule has 32 heavy (non-hydrogen) atoms. The molecule has 3 heterocycles. The van der Waals surface area contributed by atoms with E-state index in [1.54, 1.807) is 21.3 Å². The Balaban J connectivity index is 1.85. The molecule has 0 N–H and O–H groups in total. The van der Waals surface area contributed by atoms with E-state index in [1.165, 1.54) is 9.80 Å². The summed E-state index contributed by atoms with van der Waals surface area (Å²) in [5.74, 6) is 2.48. The van der Waals surface area contributed by atoms with E-state index in [1.807, 2.05) is 41.2 Å². The molecule has 2 aliphatic heterocycles. The molecular formula is C23H30N5O4+. The number of carbonyl (C=O) groups is 2. The Morgan fingerprint density at radius 2 is 1.88 bits per heavy atom. The van der Waals surface area contributed by atoms with Crippen molar-refractivity contribution in [2.75, 3.05) is 27.8 Å². The Morgan fingerprint density at radius 1 is 1.16 bits per heavy atom. The van der Waals surface area contributed by atoms with E-state index >= 15 is 0 Å². The predicted octanol–water partition coefficient (Wildman–Crippen LogP) is 2.92. The van der Waals surface area contributed by atoms with E-state index in [9.17, 15) is 9.59 Å². The van der Waals surface area contributed by atoms with Gasteiger partial charge < -0.3 is 9.47 Å². The van der Waals surface area contributed by atoms with Gasteiger partial charge in [0.05, 0.1) is 14.2 Å². The molecule has 9 nitrogen and oxygen atoms in total. The molecular weight excluding hydrogens is 410 g/mol. The predicted molar refractivity (Wildman–Crippen MR) is 119 cm³/mol. The van der Waals surface area contributed by atoms with E-state index in [2.05, 4.69) is 13.8 Å². The van der Waals surface area contributed by atoms with Crippen LogP contribution >= 0.6 is 0 Å². The first-order valence-corrected chi connectivity index (χ1v) is 10.7. The minimum absolute atomic E-state index is 0.238. The van der Waals surface area contributed by atoms with Gasteiger partial charge in [0, 0.05) is 19.7 Å². The Kier molecular flexibility index (Phi) is 5.44. The lowest BCUT2D eigenvalue weighted by Gasteiger charge is -2.33. The minimum Gasteiger partial charge on any atom is -0.497 e. The first-order chi connectivity index (χ1) is 15.2. The van der Waals surface area contributed by atoms with Crippen LogP contribution in [0.25, 0.3) is 5.69 Å². The topological polar surface area (TPSA) is 80.2 Å². The maximum absolute atomic E-state index is 13.5. The summed E-state index contributed by atoms with van der Waals surface area (Å²) in [5.41, 5.74) is 2.62. The zero-order valence-electron chi connectivity index (χ0n) is 19.7. The van der Waals surface area contributed by atoms with Crippen molar-refractivity contribution in [1.29, 1.82) is 0 Å². The van der Waals surface area contributed by atoms with Gasteiger partial charge in [0.15, 0.2) is 5.75 Å². The number of aromatic nitrogens is 2. The molecule has 0 aliphatic carbocycles. The highest BCUT2D eigenvalue weighted by Gasteiger charge is 2.54. The van der Waals surface area contributed by atoms with E-state index in [0.717, 1.165) is 23.5 Å². The number of urea groups is 1. The number of amides is 3. The number of likely N-dealkylation sites (N-methyl/N-ethyl adjacent to an activating group) is 1. The molecule has 170 valence electrons. The lowest BCUT2D eigenvalue weighted by molar-refractivity contribution is -0.682. The van der Waals surface area contributed by atoms with Crippen LogP contribution in [0.3, 0.4) is 0 Å². The van der Waals surface area contributed by atoms with Crippen molar-refractivity contribution in [2.45, 2.75) is 40.2 Å². The summed E-state index contributed by atoms with van der Waals surface area (Å²) in [7, 11) is 4.88. The van der Waals surface area contributed by atoms with Gasteiger partial charge in [-0.3, -0.25) is 14.6 Å². The largest absolute Gasteiger partial charge is 0.497 e. The SMILES string of the molecule is COc1ccc(-n2c(C)c(C)[n+]3c2N=C2C3C(=O)N(CCC(C)C)C(=O)N2C)c(OC)c1. The average molecular weight is 441 g/mol. The number of methoxy groups -OCH3 is 2. The number of nitrogens with zero attached hydrogens (tertiary/aromatic N) is 5. The number of carbonyl (C=O) groups excluding carboxylic acids is 2. The lowest BCUT2D eigenvalue weighted by atomic mass is 10.1. The summed E-state index contributed by atoms with van der Waals surface area (Å²) in [4.78, 5) is 34.0. The number of amidine groups is 1. The third kappa shape index (κ3) is 3.14. The second-order valence-electron chi connectivity index (χ2n) is 8.60. The van der Waals surface area contributed by atoms with Crippen molar-refractivity contribution in [3.8, 4) is 17.2 Å². The van der Waals surface area contributed by atoms with Crippen LogP contribution in [0.1, 0.15) is 37.7 Å². The highest BCUT2D eigenvalue weighted by atomic mass is 16.5. The quantitative estimate of drug-likeness (QED) is 0.647. The third-order valence-electron chi connectivity index (χ3n) is 6.27. The zero-order valence-corrected chi connectivity index (χ0v) is 19.7.